The van der Waals surface area contributed by atoms with Gasteiger partial charge < -0.3 is 0 Å². The summed E-state index contributed by atoms with van der Waals surface area (Å²) in [7, 11) is 5.88. The first kappa shape index (κ1) is 14.3. The number of hydrogen-bond donors (Lipinski definition) is 0. The smallest absolute Gasteiger partial charge is 0.0964 e. The summed E-state index contributed by atoms with van der Waals surface area (Å²) in [6.45, 7) is 4.53. The fourth-order valence-electron chi connectivity index (χ4n) is 2.38. The molecule has 1 rings (SSSR count). The quantitative estimate of drug-likeness (QED) is 0.458. The highest BCUT2D eigenvalue weighted by Gasteiger charge is 2.10. The maximum atomic E-state index is 5.88. The van der Waals surface area contributed by atoms with Gasteiger partial charge in [0, 0.05) is 0 Å². The molecule has 0 saturated heterocycles. The Bertz CT molecular complexity index is 306. The van der Waals surface area contributed by atoms with Gasteiger partial charge in [-0.1, -0.05) is 75.7 Å². The molecule has 0 bridgehead atoms. The number of hydrogen-bond acceptors (Lipinski definition) is 0. The fraction of sp³-hybridized carbons (Fsp3) is 0.625. The molecule has 1 heteroatoms. The molecule has 0 aliphatic heterocycles. The molecular formula is C16H25B. The van der Waals surface area contributed by atoms with Crippen LogP contribution in [0, 0.1) is 0 Å². The lowest BCUT2D eigenvalue weighted by Crippen LogP contribution is -2.06. The van der Waals surface area contributed by atoms with Gasteiger partial charge in [-0.3, -0.25) is 0 Å². The number of unbranched alkanes of at least 4 members (excludes halogenated alkanes) is 3. The van der Waals surface area contributed by atoms with Crippen molar-refractivity contribution in [2.45, 2.75) is 64.7 Å². The Balaban J connectivity index is 2.60. The summed E-state index contributed by atoms with van der Waals surface area (Å²) in [6, 6.07) is 8.46. The SMILES string of the molecule is [B]c1cccc(C(CCCC)CCCCC)c1. The molecular weight excluding hydrogens is 203 g/mol. The highest BCUT2D eigenvalue weighted by Crippen LogP contribution is 2.27. The zero-order chi connectivity index (χ0) is 12.5. The second-order valence-electron chi connectivity index (χ2n) is 5.01. The van der Waals surface area contributed by atoms with Crippen LogP contribution in [-0.4, -0.2) is 7.85 Å². The van der Waals surface area contributed by atoms with Crippen LogP contribution in [0.1, 0.15) is 70.3 Å². The molecule has 0 aromatic heterocycles. The van der Waals surface area contributed by atoms with Crippen LogP contribution in [-0.2, 0) is 0 Å². The van der Waals surface area contributed by atoms with Gasteiger partial charge in [-0.15, -0.1) is 0 Å². The van der Waals surface area contributed by atoms with E-state index in [1.54, 1.807) is 0 Å². The van der Waals surface area contributed by atoms with Gasteiger partial charge in [0.05, 0.1) is 0 Å². The van der Waals surface area contributed by atoms with Gasteiger partial charge in [-0.2, -0.15) is 0 Å². The Morgan fingerprint density at radius 1 is 1.00 bits per heavy atom. The van der Waals surface area contributed by atoms with Crippen LogP contribution in [0.2, 0.25) is 0 Å². The van der Waals surface area contributed by atoms with Crippen LogP contribution in [0.3, 0.4) is 0 Å². The average molecular weight is 228 g/mol. The summed E-state index contributed by atoms with van der Waals surface area (Å²) < 4.78 is 0. The van der Waals surface area contributed by atoms with Crippen LogP contribution < -0.4 is 5.46 Å². The van der Waals surface area contributed by atoms with Gasteiger partial charge in [-0.05, 0) is 24.3 Å². The summed E-state index contributed by atoms with van der Waals surface area (Å²) in [6.07, 6.45) is 9.24. The van der Waals surface area contributed by atoms with Gasteiger partial charge >= 0.3 is 0 Å². The normalized spacial score (nSPS) is 12.6. The van der Waals surface area contributed by atoms with Gasteiger partial charge in [0.2, 0.25) is 0 Å². The summed E-state index contributed by atoms with van der Waals surface area (Å²) in [4.78, 5) is 0. The second kappa shape index (κ2) is 8.39. The molecule has 0 saturated carbocycles. The third-order valence-electron chi connectivity index (χ3n) is 3.44. The third kappa shape index (κ3) is 5.43. The highest BCUT2D eigenvalue weighted by atomic mass is 14.1. The molecule has 0 heterocycles. The van der Waals surface area contributed by atoms with E-state index in [1.807, 2.05) is 6.07 Å². The van der Waals surface area contributed by atoms with Crippen molar-refractivity contribution in [3.63, 3.8) is 0 Å². The monoisotopic (exact) mass is 228 g/mol. The second-order valence-corrected chi connectivity index (χ2v) is 5.01. The van der Waals surface area contributed by atoms with E-state index in [2.05, 4.69) is 32.0 Å². The number of benzene rings is 1. The lowest BCUT2D eigenvalue weighted by Gasteiger charge is -2.17. The zero-order valence-corrected chi connectivity index (χ0v) is 11.4. The molecule has 2 radical (unpaired) electrons. The molecule has 1 aromatic rings. The first-order valence-electron chi connectivity index (χ1n) is 7.13. The van der Waals surface area contributed by atoms with Gasteiger partial charge in [0.15, 0.2) is 0 Å². The molecule has 0 aliphatic carbocycles. The van der Waals surface area contributed by atoms with Crippen LogP contribution in [0.25, 0.3) is 0 Å². The van der Waals surface area contributed by atoms with Crippen molar-refractivity contribution in [3.05, 3.63) is 29.8 Å². The largest absolute Gasteiger partial charge is 0.113 e. The van der Waals surface area contributed by atoms with Crippen LogP contribution in [0.15, 0.2) is 24.3 Å². The Kier molecular flexibility index (Phi) is 7.08. The molecule has 1 unspecified atom stereocenters. The van der Waals surface area contributed by atoms with Crippen LogP contribution in [0.5, 0.6) is 0 Å². The van der Waals surface area contributed by atoms with Gasteiger partial charge in [0.25, 0.3) is 0 Å². The topological polar surface area (TPSA) is 0 Å². The van der Waals surface area contributed by atoms with Crippen molar-refractivity contribution in [3.8, 4) is 0 Å². The summed E-state index contributed by atoms with van der Waals surface area (Å²) >= 11 is 0. The molecule has 0 aliphatic rings. The van der Waals surface area contributed by atoms with Gasteiger partial charge in [-0.25, -0.2) is 0 Å². The molecule has 1 aromatic carbocycles. The van der Waals surface area contributed by atoms with Crippen LogP contribution >= 0.6 is 0 Å². The van der Waals surface area contributed by atoms with E-state index in [-0.39, 0.29) is 0 Å². The van der Waals surface area contributed by atoms with Crippen molar-refractivity contribution < 1.29 is 0 Å². The first-order valence-corrected chi connectivity index (χ1v) is 7.13. The minimum atomic E-state index is 0.713. The number of rotatable bonds is 8. The Morgan fingerprint density at radius 3 is 2.35 bits per heavy atom. The molecule has 1 atom stereocenters. The standard InChI is InChI=1S/C16H25B/c1-3-5-7-10-14(9-6-4-2)15-11-8-12-16(17)13-15/h8,11-14H,3-7,9-10H2,1-2H3. The fourth-order valence-corrected chi connectivity index (χ4v) is 2.38. The molecule has 0 nitrogen and oxygen atoms in total. The van der Waals surface area contributed by atoms with E-state index in [1.165, 1.54) is 50.5 Å². The summed E-state index contributed by atoms with van der Waals surface area (Å²) in [5.74, 6) is 0.713. The molecule has 92 valence electrons. The summed E-state index contributed by atoms with van der Waals surface area (Å²) in [5.41, 5.74) is 2.34. The third-order valence-corrected chi connectivity index (χ3v) is 3.44. The van der Waals surface area contributed by atoms with E-state index in [9.17, 15) is 0 Å². The van der Waals surface area contributed by atoms with E-state index >= 15 is 0 Å². The van der Waals surface area contributed by atoms with Crippen molar-refractivity contribution in [1.29, 1.82) is 0 Å². The predicted octanol–water partition coefficient (Wildman–Crippen LogP) is 4.33. The van der Waals surface area contributed by atoms with Crippen molar-refractivity contribution >= 4 is 13.3 Å². The zero-order valence-electron chi connectivity index (χ0n) is 11.4. The molecule has 0 spiro atoms. The van der Waals surface area contributed by atoms with Crippen LogP contribution in [0.4, 0.5) is 0 Å². The molecule has 0 amide bonds. The van der Waals surface area contributed by atoms with Crippen molar-refractivity contribution in [2.75, 3.05) is 0 Å². The average Bonchev–Trinajstić information content (AvgIpc) is 2.33. The van der Waals surface area contributed by atoms with Gasteiger partial charge in [0.1, 0.15) is 7.85 Å². The van der Waals surface area contributed by atoms with E-state index in [4.69, 9.17) is 7.85 Å². The molecule has 0 N–H and O–H groups in total. The predicted molar refractivity (Wildman–Crippen MR) is 78.2 cm³/mol. The van der Waals surface area contributed by atoms with E-state index in [0.717, 1.165) is 5.46 Å². The maximum absolute atomic E-state index is 5.88. The van der Waals surface area contributed by atoms with E-state index < -0.39 is 0 Å². The highest BCUT2D eigenvalue weighted by molar-refractivity contribution is 6.32. The minimum absolute atomic E-state index is 0.713. The Hall–Kier alpha value is -0.715. The lowest BCUT2D eigenvalue weighted by atomic mass is 9.85. The summed E-state index contributed by atoms with van der Waals surface area (Å²) in [5, 5.41) is 0. The lowest BCUT2D eigenvalue weighted by molar-refractivity contribution is 0.515. The minimum Gasteiger partial charge on any atom is -0.0964 e. The van der Waals surface area contributed by atoms with Crippen molar-refractivity contribution in [2.24, 2.45) is 0 Å². The Labute approximate surface area is 108 Å². The maximum Gasteiger partial charge on any atom is 0.113 e. The first-order chi connectivity index (χ1) is 8.27. The molecule has 17 heavy (non-hydrogen) atoms. The van der Waals surface area contributed by atoms with Crippen molar-refractivity contribution in [1.82, 2.24) is 0 Å². The molecule has 0 fully saturated rings. The van der Waals surface area contributed by atoms with E-state index in [0.29, 0.717) is 5.92 Å². The Morgan fingerprint density at radius 2 is 1.71 bits per heavy atom.